The molecule has 0 atom stereocenters. The lowest BCUT2D eigenvalue weighted by Gasteiger charge is -2.34. The van der Waals surface area contributed by atoms with Crippen molar-refractivity contribution in [3.05, 3.63) is 48.2 Å². The number of rotatable bonds is 4. The molecule has 1 N–H and O–H groups in total. The van der Waals surface area contributed by atoms with E-state index in [0.29, 0.717) is 5.56 Å². The molecule has 0 radical (unpaired) electrons. The second-order valence-corrected chi connectivity index (χ2v) is 6.56. The molecule has 0 saturated carbocycles. The Labute approximate surface area is 149 Å². The summed E-state index contributed by atoms with van der Waals surface area (Å²) in [5, 5.41) is 2.98. The van der Waals surface area contributed by atoms with Crippen LogP contribution in [-0.2, 0) is 0 Å². The molecule has 1 amide bonds. The van der Waals surface area contributed by atoms with Gasteiger partial charge in [-0.25, -0.2) is 4.98 Å². The summed E-state index contributed by atoms with van der Waals surface area (Å²) in [7, 11) is 6.10. The van der Waals surface area contributed by atoms with Crippen LogP contribution >= 0.6 is 0 Å². The minimum Gasteiger partial charge on any atom is -0.378 e. The monoisotopic (exact) mass is 339 g/mol. The number of piperazine rings is 1. The van der Waals surface area contributed by atoms with E-state index in [0.717, 1.165) is 43.4 Å². The fraction of sp³-hybridized carbons (Fsp3) is 0.368. The van der Waals surface area contributed by atoms with Gasteiger partial charge in [-0.2, -0.15) is 0 Å². The predicted octanol–water partition coefficient (Wildman–Crippen LogP) is 2.15. The highest BCUT2D eigenvalue weighted by Gasteiger charge is 2.21. The first-order valence-electron chi connectivity index (χ1n) is 8.52. The van der Waals surface area contributed by atoms with Crippen molar-refractivity contribution in [3.63, 3.8) is 0 Å². The first-order valence-corrected chi connectivity index (χ1v) is 8.52. The normalized spacial score (nSPS) is 15.1. The van der Waals surface area contributed by atoms with Crippen LogP contribution in [0.15, 0.2) is 42.6 Å². The van der Waals surface area contributed by atoms with Crippen molar-refractivity contribution >= 4 is 23.1 Å². The Morgan fingerprint density at radius 1 is 1.08 bits per heavy atom. The van der Waals surface area contributed by atoms with E-state index in [2.05, 4.69) is 27.1 Å². The molecule has 0 unspecified atom stereocenters. The second-order valence-electron chi connectivity index (χ2n) is 6.56. The van der Waals surface area contributed by atoms with Crippen LogP contribution in [0, 0.1) is 0 Å². The molecule has 132 valence electrons. The largest absolute Gasteiger partial charge is 0.378 e. The number of aromatic nitrogens is 1. The number of pyridine rings is 1. The van der Waals surface area contributed by atoms with E-state index < -0.39 is 0 Å². The Balaban J connectivity index is 1.76. The van der Waals surface area contributed by atoms with Crippen LogP contribution in [-0.4, -0.2) is 63.1 Å². The molecule has 1 aliphatic heterocycles. The Bertz CT molecular complexity index is 721. The maximum atomic E-state index is 12.8. The molecule has 2 aromatic rings. The number of anilines is 3. The van der Waals surface area contributed by atoms with Crippen molar-refractivity contribution in [1.82, 2.24) is 9.88 Å². The molecule has 1 aliphatic rings. The third-order valence-corrected chi connectivity index (χ3v) is 4.48. The molecule has 0 aliphatic carbocycles. The number of hydrogen-bond donors (Lipinski definition) is 1. The maximum absolute atomic E-state index is 12.8. The Kier molecular flexibility index (Phi) is 5.19. The zero-order chi connectivity index (χ0) is 17.8. The average molecular weight is 339 g/mol. The number of likely N-dealkylation sites (N-methyl/N-ethyl adjacent to an activating group) is 1. The lowest BCUT2D eigenvalue weighted by Crippen LogP contribution is -2.45. The molecule has 0 bridgehead atoms. The quantitative estimate of drug-likeness (QED) is 0.925. The number of benzene rings is 1. The van der Waals surface area contributed by atoms with E-state index in [4.69, 9.17) is 0 Å². The highest BCUT2D eigenvalue weighted by Crippen LogP contribution is 2.21. The lowest BCUT2D eigenvalue weighted by molar-refractivity contribution is 0.102. The lowest BCUT2D eigenvalue weighted by atomic mass is 10.2. The van der Waals surface area contributed by atoms with Gasteiger partial charge in [0.1, 0.15) is 5.82 Å². The summed E-state index contributed by atoms with van der Waals surface area (Å²) in [6.07, 6.45) is 1.75. The molecule has 3 rings (SSSR count). The molecule has 1 aromatic heterocycles. The fourth-order valence-electron chi connectivity index (χ4n) is 2.89. The van der Waals surface area contributed by atoms with Gasteiger partial charge in [-0.1, -0.05) is 0 Å². The van der Waals surface area contributed by atoms with Crippen molar-refractivity contribution in [2.24, 2.45) is 0 Å². The third-order valence-electron chi connectivity index (χ3n) is 4.48. The minimum absolute atomic E-state index is 0.125. The molecule has 0 spiro atoms. The highest BCUT2D eigenvalue weighted by molar-refractivity contribution is 6.07. The van der Waals surface area contributed by atoms with Crippen LogP contribution in [0.2, 0.25) is 0 Å². The summed E-state index contributed by atoms with van der Waals surface area (Å²) < 4.78 is 0. The third kappa shape index (κ3) is 4.09. The Morgan fingerprint density at radius 3 is 2.40 bits per heavy atom. The van der Waals surface area contributed by atoms with Crippen LogP contribution < -0.4 is 15.1 Å². The smallest absolute Gasteiger partial charge is 0.259 e. The van der Waals surface area contributed by atoms with Gasteiger partial charge in [0.15, 0.2) is 0 Å². The highest BCUT2D eigenvalue weighted by atomic mass is 16.1. The zero-order valence-electron chi connectivity index (χ0n) is 15.1. The van der Waals surface area contributed by atoms with Crippen molar-refractivity contribution in [3.8, 4) is 0 Å². The van der Waals surface area contributed by atoms with Gasteiger partial charge in [-0.05, 0) is 43.4 Å². The summed E-state index contributed by atoms with van der Waals surface area (Å²) in [4.78, 5) is 23.7. The van der Waals surface area contributed by atoms with Crippen molar-refractivity contribution in [2.75, 3.05) is 62.4 Å². The summed E-state index contributed by atoms with van der Waals surface area (Å²) >= 11 is 0. The predicted molar refractivity (Wildman–Crippen MR) is 103 cm³/mol. The van der Waals surface area contributed by atoms with Gasteiger partial charge in [-0.3, -0.25) is 4.79 Å². The molecular formula is C19H25N5O. The van der Waals surface area contributed by atoms with Crippen molar-refractivity contribution < 1.29 is 4.79 Å². The van der Waals surface area contributed by atoms with Gasteiger partial charge >= 0.3 is 0 Å². The Hall–Kier alpha value is -2.60. The second kappa shape index (κ2) is 7.53. The van der Waals surface area contributed by atoms with E-state index in [1.165, 1.54) is 0 Å². The number of hydrogen-bond acceptors (Lipinski definition) is 5. The molecule has 1 aromatic carbocycles. The number of nitrogens with one attached hydrogen (secondary N) is 1. The van der Waals surface area contributed by atoms with E-state index >= 15 is 0 Å². The number of amides is 1. The van der Waals surface area contributed by atoms with E-state index in [-0.39, 0.29) is 5.91 Å². The van der Waals surface area contributed by atoms with Gasteiger partial charge in [0, 0.05) is 57.8 Å². The summed E-state index contributed by atoms with van der Waals surface area (Å²) in [5.41, 5.74) is 2.49. The van der Waals surface area contributed by atoms with E-state index in [9.17, 15) is 4.79 Å². The fourth-order valence-corrected chi connectivity index (χ4v) is 2.89. The first-order chi connectivity index (χ1) is 12.0. The molecule has 6 heteroatoms. The van der Waals surface area contributed by atoms with Gasteiger partial charge < -0.3 is 20.0 Å². The van der Waals surface area contributed by atoms with Crippen LogP contribution in [0.25, 0.3) is 0 Å². The number of carbonyl (C=O) groups is 1. The molecular weight excluding hydrogens is 314 g/mol. The van der Waals surface area contributed by atoms with Gasteiger partial charge in [0.05, 0.1) is 5.56 Å². The topological polar surface area (TPSA) is 51.7 Å². The number of carbonyl (C=O) groups excluding carboxylic acids is 1. The zero-order valence-corrected chi connectivity index (χ0v) is 15.1. The summed E-state index contributed by atoms with van der Waals surface area (Å²) in [5.74, 6) is 0.637. The maximum Gasteiger partial charge on any atom is 0.259 e. The van der Waals surface area contributed by atoms with Crippen LogP contribution in [0.1, 0.15) is 10.4 Å². The van der Waals surface area contributed by atoms with Gasteiger partial charge in [-0.15, -0.1) is 0 Å². The van der Waals surface area contributed by atoms with E-state index in [1.54, 1.807) is 6.20 Å². The van der Waals surface area contributed by atoms with Crippen molar-refractivity contribution in [2.45, 2.75) is 0 Å². The van der Waals surface area contributed by atoms with Crippen LogP contribution in [0.4, 0.5) is 17.2 Å². The van der Waals surface area contributed by atoms with E-state index in [1.807, 2.05) is 55.4 Å². The number of nitrogens with zero attached hydrogens (tertiary/aromatic N) is 4. The average Bonchev–Trinajstić information content (AvgIpc) is 2.63. The van der Waals surface area contributed by atoms with Crippen LogP contribution in [0.3, 0.4) is 0 Å². The van der Waals surface area contributed by atoms with Gasteiger partial charge in [0.25, 0.3) is 5.91 Å². The van der Waals surface area contributed by atoms with Crippen LogP contribution in [0.5, 0.6) is 0 Å². The van der Waals surface area contributed by atoms with Crippen molar-refractivity contribution in [1.29, 1.82) is 0 Å². The summed E-state index contributed by atoms with van der Waals surface area (Å²) in [6.45, 7) is 3.71. The standard InChI is InChI=1S/C19H25N5O/c1-22(2)16-8-6-15(7-9-16)21-19(25)17-5-4-10-20-18(17)24-13-11-23(3)12-14-24/h4-10H,11-14H2,1-3H3,(H,21,25). The first kappa shape index (κ1) is 17.2. The molecule has 25 heavy (non-hydrogen) atoms. The summed E-state index contributed by atoms with van der Waals surface area (Å²) in [6, 6.07) is 11.5. The van der Waals surface area contributed by atoms with Gasteiger partial charge in [0.2, 0.25) is 0 Å². The molecule has 6 nitrogen and oxygen atoms in total. The minimum atomic E-state index is -0.125. The molecule has 1 fully saturated rings. The SMILES string of the molecule is CN1CCN(c2ncccc2C(=O)Nc2ccc(N(C)C)cc2)CC1. The molecule has 2 heterocycles. The molecule has 1 saturated heterocycles. The Morgan fingerprint density at radius 2 is 1.76 bits per heavy atom.